The van der Waals surface area contributed by atoms with Gasteiger partial charge in [-0.2, -0.15) is 0 Å². The fourth-order valence-corrected chi connectivity index (χ4v) is 3.72. The molecule has 1 aromatic heterocycles. The molecule has 3 aromatic rings. The number of hydrogen-bond acceptors (Lipinski definition) is 4. The minimum atomic E-state index is -0.212. The predicted octanol–water partition coefficient (Wildman–Crippen LogP) is 5.46. The molecule has 3 rings (SSSR count). The van der Waals surface area contributed by atoms with E-state index in [1.807, 2.05) is 0 Å². The summed E-state index contributed by atoms with van der Waals surface area (Å²) >= 11 is 9.88. The second-order valence-corrected chi connectivity index (χ2v) is 7.01. The molecular weight excluding hydrogens is 496 g/mol. The maximum atomic E-state index is 12.9. The molecule has 0 unspecified atom stereocenters. The maximum Gasteiger partial charge on any atom is 0.202 e. The summed E-state index contributed by atoms with van der Waals surface area (Å²) in [5.74, 6) is 0.681. The molecule has 0 aliphatic rings. The Labute approximate surface area is 156 Å². The van der Waals surface area contributed by atoms with Gasteiger partial charge in [0.25, 0.3) is 0 Å². The molecule has 118 valence electrons. The second kappa shape index (κ2) is 6.30. The fraction of sp³-hybridized carbons (Fsp3) is 0.0625. The van der Waals surface area contributed by atoms with Gasteiger partial charge >= 0.3 is 0 Å². The molecular formula is C16H9Br3O4. The molecule has 0 amide bonds. The van der Waals surface area contributed by atoms with Crippen LogP contribution in [0.15, 0.2) is 53.2 Å². The number of ether oxygens (including phenoxy) is 1. The Hall–Kier alpha value is -1.31. The zero-order chi connectivity index (χ0) is 16.7. The van der Waals surface area contributed by atoms with E-state index in [-0.39, 0.29) is 16.8 Å². The maximum absolute atomic E-state index is 12.9. The lowest BCUT2D eigenvalue weighted by Crippen LogP contribution is -2.07. The van der Waals surface area contributed by atoms with Crippen molar-refractivity contribution in [2.75, 3.05) is 7.11 Å². The van der Waals surface area contributed by atoms with E-state index in [0.29, 0.717) is 35.9 Å². The number of rotatable bonds is 2. The lowest BCUT2D eigenvalue weighted by Gasteiger charge is -2.09. The Morgan fingerprint density at radius 3 is 2.35 bits per heavy atom. The van der Waals surface area contributed by atoms with Crippen molar-refractivity contribution >= 4 is 58.8 Å². The number of benzene rings is 2. The van der Waals surface area contributed by atoms with Gasteiger partial charge in [0.05, 0.1) is 27.0 Å². The number of methoxy groups -OCH3 is 1. The van der Waals surface area contributed by atoms with Gasteiger partial charge < -0.3 is 14.3 Å². The number of fused-ring (bicyclic) bond motifs is 1. The van der Waals surface area contributed by atoms with Crippen LogP contribution in [0.2, 0.25) is 0 Å². The van der Waals surface area contributed by atoms with Crippen LogP contribution in [0.4, 0.5) is 0 Å². The van der Waals surface area contributed by atoms with E-state index in [2.05, 4.69) is 47.8 Å². The van der Waals surface area contributed by atoms with E-state index in [9.17, 15) is 9.90 Å². The van der Waals surface area contributed by atoms with Crippen molar-refractivity contribution in [2.24, 2.45) is 0 Å². The third-order valence-electron chi connectivity index (χ3n) is 3.38. The number of hydrogen-bond donors (Lipinski definition) is 1. The highest BCUT2D eigenvalue weighted by Crippen LogP contribution is 2.39. The standard InChI is InChI=1S/C16H9Br3O4/c1-22-8-4-2-7(3-5-8)11-15(21)12-10(23-16(11)19)6-9(20)13(17)14(12)18/h2-6,20H,1H3. The van der Waals surface area contributed by atoms with Crippen LogP contribution in [0.25, 0.3) is 22.1 Å². The number of halogens is 3. The van der Waals surface area contributed by atoms with Crippen molar-refractivity contribution in [1.29, 1.82) is 0 Å². The normalized spacial score (nSPS) is 11.0. The van der Waals surface area contributed by atoms with Crippen molar-refractivity contribution < 1.29 is 14.3 Å². The van der Waals surface area contributed by atoms with E-state index >= 15 is 0 Å². The van der Waals surface area contributed by atoms with Crippen LogP contribution in [-0.4, -0.2) is 12.2 Å². The first-order valence-electron chi connectivity index (χ1n) is 6.41. The average Bonchev–Trinajstić information content (AvgIpc) is 2.53. The smallest absolute Gasteiger partial charge is 0.202 e. The summed E-state index contributed by atoms with van der Waals surface area (Å²) in [6.45, 7) is 0. The van der Waals surface area contributed by atoms with Gasteiger partial charge in [-0.3, -0.25) is 4.79 Å². The summed E-state index contributed by atoms with van der Waals surface area (Å²) in [6, 6.07) is 8.50. The minimum absolute atomic E-state index is 0.0170. The van der Waals surface area contributed by atoms with Crippen molar-refractivity contribution in [3.63, 3.8) is 0 Å². The van der Waals surface area contributed by atoms with Gasteiger partial charge in [-0.15, -0.1) is 0 Å². The van der Waals surface area contributed by atoms with Crippen LogP contribution in [0.3, 0.4) is 0 Å². The van der Waals surface area contributed by atoms with Crippen LogP contribution in [-0.2, 0) is 0 Å². The Bertz CT molecular complexity index is 962. The Morgan fingerprint density at radius 1 is 1.09 bits per heavy atom. The Kier molecular flexibility index (Phi) is 4.53. The molecule has 0 atom stereocenters. The highest BCUT2D eigenvalue weighted by Gasteiger charge is 2.19. The van der Waals surface area contributed by atoms with Gasteiger partial charge in [0, 0.05) is 6.07 Å². The van der Waals surface area contributed by atoms with Crippen LogP contribution in [0.1, 0.15) is 0 Å². The summed E-state index contributed by atoms with van der Waals surface area (Å²) in [7, 11) is 1.58. The zero-order valence-electron chi connectivity index (χ0n) is 11.7. The molecule has 0 aliphatic carbocycles. The van der Waals surface area contributed by atoms with Crippen molar-refractivity contribution in [3.8, 4) is 22.6 Å². The van der Waals surface area contributed by atoms with Gasteiger partial charge in [0.2, 0.25) is 5.43 Å². The molecule has 23 heavy (non-hydrogen) atoms. The van der Waals surface area contributed by atoms with Crippen LogP contribution >= 0.6 is 47.8 Å². The minimum Gasteiger partial charge on any atom is -0.507 e. The van der Waals surface area contributed by atoms with Gasteiger partial charge in [-0.05, 0) is 65.5 Å². The van der Waals surface area contributed by atoms with Crippen molar-refractivity contribution in [1.82, 2.24) is 0 Å². The van der Waals surface area contributed by atoms with Crippen molar-refractivity contribution in [2.45, 2.75) is 0 Å². The lowest BCUT2D eigenvalue weighted by atomic mass is 10.1. The summed E-state index contributed by atoms with van der Waals surface area (Å²) < 4.78 is 12.0. The predicted molar refractivity (Wildman–Crippen MR) is 99.2 cm³/mol. The number of phenols is 1. The summed E-state index contributed by atoms with van der Waals surface area (Å²) in [6.07, 6.45) is 0. The number of phenolic OH excluding ortho intramolecular Hbond substituents is 1. The third-order valence-corrected chi connectivity index (χ3v) is 6.07. The van der Waals surface area contributed by atoms with Gasteiger partial charge in [-0.25, -0.2) is 0 Å². The highest BCUT2D eigenvalue weighted by molar-refractivity contribution is 9.13. The summed E-state index contributed by atoms with van der Waals surface area (Å²) in [4.78, 5) is 12.9. The molecule has 1 N–H and O–H groups in total. The first kappa shape index (κ1) is 16.5. The molecule has 1 heterocycles. The second-order valence-electron chi connectivity index (χ2n) is 4.71. The van der Waals surface area contributed by atoms with E-state index in [0.717, 1.165) is 0 Å². The van der Waals surface area contributed by atoms with Crippen LogP contribution in [0, 0.1) is 0 Å². The van der Waals surface area contributed by atoms with Crippen molar-refractivity contribution in [3.05, 3.63) is 54.2 Å². The summed E-state index contributed by atoms with van der Waals surface area (Å²) in [5.41, 5.74) is 1.17. The molecule has 0 bridgehead atoms. The molecule has 4 nitrogen and oxygen atoms in total. The van der Waals surface area contributed by atoms with E-state index < -0.39 is 0 Å². The molecule has 0 saturated carbocycles. The quantitative estimate of drug-likeness (QED) is 0.503. The van der Waals surface area contributed by atoms with Crippen LogP contribution in [0.5, 0.6) is 11.5 Å². The Morgan fingerprint density at radius 2 is 1.74 bits per heavy atom. The lowest BCUT2D eigenvalue weighted by molar-refractivity contribution is 0.415. The molecule has 0 fully saturated rings. The molecule has 0 saturated heterocycles. The third kappa shape index (κ3) is 2.81. The molecule has 2 aromatic carbocycles. The van der Waals surface area contributed by atoms with Crippen LogP contribution < -0.4 is 10.2 Å². The number of aromatic hydroxyl groups is 1. The van der Waals surface area contributed by atoms with Gasteiger partial charge in [0.1, 0.15) is 17.1 Å². The van der Waals surface area contributed by atoms with Gasteiger partial charge in [-0.1, -0.05) is 12.1 Å². The monoisotopic (exact) mass is 502 g/mol. The molecule has 0 radical (unpaired) electrons. The SMILES string of the molecule is COc1ccc(-c2c(Br)oc3cc(O)c(Br)c(Br)c3c2=O)cc1. The fourth-order valence-electron chi connectivity index (χ4n) is 2.25. The molecule has 0 spiro atoms. The van der Waals surface area contributed by atoms with Gasteiger partial charge in [0.15, 0.2) is 4.67 Å². The average molecular weight is 505 g/mol. The van der Waals surface area contributed by atoms with E-state index in [1.165, 1.54) is 6.07 Å². The molecule has 7 heteroatoms. The first-order valence-corrected chi connectivity index (χ1v) is 8.79. The highest BCUT2D eigenvalue weighted by atomic mass is 79.9. The van der Waals surface area contributed by atoms with E-state index in [4.69, 9.17) is 9.15 Å². The largest absolute Gasteiger partial charge is 0.507 e. The summed E-state index contributed by atoms with van der Waals surface area (Å²) in [5, 5.41) is 10.2. The zero-order valence-corrected chi connectivity index (χ0v) is 16.5. The molecule has 0 aliphatic heterocycles. The van der Waals surface area contributed by atoms with E-state index in [1.54, 1.807) is 31.4 Å². The topological polar surface area (TPSA) is 59.7 Å². The first-order chi connectivity index (χ1) is 10.9. The Balaban J connectivity index is 2.35.